The summed E-state index contributed by atoms with van der Waals surface area (Å²) in [4.78, 5) is 10.8. The van der Waals surface area contributed by atoms with E-state index in [0.29, 0.717) is 28.6 Å². The van der Waals surface area contributed by atoms with E-state index in [-0.39, 0.29) is 10.8 Å². The maximum atomic E-state index is 10.8. The first-order valence-corrected chi connectivity index (χ1v) is 6.41. The lowest BCUT2D eigenvalue weighted by atomic mass is 10.2. The van der Waals surface area contributed by atoms with E-state index in [1.54, 1.807) is 25.1 Å². The van der Waals surface area contributed by atoms with Gasteiger partial charge >= 0.3 is 0 Å². The summed E-state index contributed by atoms with van der Waals surface area (Å²) in [5.41, 5.74) is 0. The standard InChI is InChI=1S/C11H11BrCl2O2/c1-7(15)2-5-11(12)16-10-4-3-8(13)6-9(10)14/h3-4,6,11H,2,5H2,1H3. The number of rotatable bonds is 5. The van der Waals surface area contributed by atoms with Crippen LogP contribution in [0.4, 0.5) is 0 Å². The molecule has 0 aliphatic rings. The number of alkyl halides is 1. The zero-order valence-electron chi connectivity index (χ0n) is 8.67. The minimum atomic E-state index is -0.227. The Labute approximate surface area is 113 Å². The average Bonchev–Trinajstić information content (AvgIpc) is 2.19. The van der Waals surface area contributed by atoms with Gasteiger partial charge in [-0.1, -0.05) is 23.2 Å². The number of carbonyl (C=O) groups is 1. The molecule has 1 aromatic rings. The first-order valence-electron chi connectivity index (χ1n) is 4.74. The summed E-state index contributed by atoms with van der Waals surface area (Å²) in [5.74, 6) is 0.687. The average molecular weight is 326 g/mol. The Morgan fingerprint density at radius 1 is 1.50 bits per heavy atom. The number of hydrogen-bond donors (Lipinski definition) is 0. The fraction of sp³-hybridized carbons (Fsp3) is 0.364. The Morgan fingerprint density at radius 2 is 2.19 bits per heavy atom. The topological polar surface area (TPSA) is 26.3 Å². The Bertz CT molecular complexity index is 382. The van der Waals surface area contributed by atoms with Gasteiger partial charge < -0.3 is 9.53 Å². The SMILES string of the molecule is CC(=O)CCC(Br)Oc1ccc(Cl)cc1Cl. The van der Waals surface area contributed by atoms with Gasteiger partial charge in [0.15, 0.2) is 5.01 Å². The van der Waals surface area contributed by atoms with E-state index >= 15 is 0 Å². The predicted molar refractivity (Wildman–Crippen MR) is 69.7 cm³/mol. The second kappa shape index (κ2) is 6.48. The Balaban J connectivity index is 2.55. The molecule has 0 saturated heterocycles. The van der Waals surface area contributed by atoms with Crippen LogP contribution in [0.25, 0.3) is 0 Å². The fourth-order valence-electron chi connectivity index (χ4n) is 1.08. The second-order valence-electron chi connectivity index (χ2n) is 3.34. The molecule has 0 aliphatic carbocycles. The van der Waals surface area contributed by atoms with Gasteiger partial charge in [0.05, 0.1) is 5.02 Å². The number of benzene rings is 1. The number of hydrogen-bond acceptors (Lipinski definition) is 2. The highest BCUT2D eigenvalue weighted by Crippen LogP contribution is 2.29. The fourth-order valence-corrected chi connectivity index (χ4v) is 1.97. The van der Waals surface area contributed by atoms with Gasteiger partial charge in [0.25, 0.3) is 0 Å². The van der Waals surface area contributed by atoms with E-state index < -0.39 is 0 Å². The number of halogens is 3. The molecule has 0 heterocycles. The molecular weight excluding hydrogens is 315 g/mol. The minimum Gasteiger partial charge on any atom is -0.478 e. The van der Waals surface area contributed by atoms with Crippen LogP contribution in [0.2, 0.25) is 10.0 Å². The lowest BCUT2D eigenvalue weighted by molar-refractivity contribution is -0.117. The van der Waals surface area contributed by atoms with Crippen LogP contribution >= 0.6 is 39.1 Å². The van der Waals surface area contributed by atoms with Crippen molar-refractivity contribution in [1.82, 2.24) is 0 Å². The van der Waals surface area contributed by atoms with Crippen LogP contribution in [0.5, 0.6) is 5.75 Å². The Hall–Kier alpha value is -0.250. The molecule has 0 saturated carbocycles. The second-order valence-corrected chi connectivity index (χ2v) is 5.21. The molecule has 0 aromatic heterocycles. The molecule has 0 fully saturated rings. The molecule has 1 atom stereocenters. The third kappa shape index (κ3) is 4.73. The van der Waals surface area contributed by atoms with Crippen LogP contribution in [0.3, 0.4) is 0 Å². The first kappa shape index (κ1) is 13.8. The van der Waals surface area contributed by atoms with Crippen LogP contribution < -0.4 is 4.74 Å². The third-order valence-corrected chi connectivity index (χ3v) is 3.05. The van der Waals surface area contributed by atoms with Crippen molar-refractivity contribution in [3.8, 4) is 5.75 Å². The molecule has 0 radical (unpaired) electrons. The van der Waals surface area contributed by atoms with Gasteiger partial charge in [-0.25, -0.2) is 0 Å². The largest absolute Gasteiger partial charge is 0.478 e. The molecule has 1 aromatic carbocycles. The highest BCUT2D eigenvalue weighted by atomic mass is 79.9. The molecule has 0 spiro atoms. The predicted octanol–water partition coefficient (Wildman–Crippen LogP) is 4.46. The smallest absolute Gasteiger partial charge is 0.153 e. The van der Waals surface area contributed by atoms with Gasteiger partial charge in [0.2, 0.25) is 0 Å². The molecule has 2 nitrogen and oxygen atoms in total. The molecule has 0 bridgehead atoms. The van der Waals surface area contributed by atoms with E-state index in [1.165, 1.54) is 0 Å². The summed E-state index contributed by atoms with van der Waals surface area (Å²) in [5, 5.41) is 0.794. The van der Waals surface area contributed by atoms with Crippen molar-refractivity contribution in [2.75, 3.05) is 0 Å². The van der Waals surface area contributed by atoms with Gasteiger partial charge in [0.1, 0.15) is 11.5 Å². The van der Waals surface area contributed by atoms with Gasteiger partial charge in [-0.05, 0) is 41.1 Å². The summed E-state index contributed by atoms with van der Waals surface area (Å²) >= 11 is 15.0. The molecule has 16 heavy (non-hydrogen) atoms. The molecule has 1 unspecified atom stereocenters. The van der Waals surface area contributed by atoms with Crippen LogP contribution in [0, 0.1) is 0 Å². The molecule has 88 valence electrons. The lowest BCUT2D eigenvalue weighted by Crippen LogP contribution is -2.09. The van der Waals surface area contributed by atoms with Gasteiger partial charge in [-0.15, -0.1) is 0 Å². The van der Waals surface area contributed by atoms with Crippen molar-refractivity contribution in [1.29, 1.82) is 0 Å². The molecule has 0 N–H and O–H groups in total. The van der Waals surface area contributed by atoms with Crippen LogP contribution in [0.1, 0.15) is 19.8 Å². The third-order valence-electron chi connectivity index (χ3n) is 1.87. The number of ether oxygens (including phenoxy) is 1. The monoisotopic (exact) mass is 324 g/mol. The zero-order chi connectivity index (χ0) is 12.1. The molecular formula is C11H11BrCl2O2. The van der Waals surface area contributed by atoms with E-state index in [4.69, 9.17) is 27.9 Å². The first-order chi connectivity index (χ1) is 7.49. The molecule has 0 amide bonds. The number of ketones is 1. The van der Waals surface area contributed by atoms with Gasteiger partial charge in [-0.3, -0.25) is 0 Å². The molecule has 0 aliphatic heterocycles. The number of carbonyl (C=O) groups excluding carboxylic acids is 1. The van der Waals surface area contributed by atoms with E-state index in [9.17, 15) is 4.79 Å². The van der Waals surface area contributed by atoms with E-state index in [1.807, 2.05) is 0 Å². The quantitative estimate of drug-likeness (QED) is 0.747. The van der Waals surface area contributed by atoms with Crippen molar-refractivity contribution in [2.24, 2.45) is 0 Å². The highest BCUT2D eigenvalue weighted by Gasteiger charge is 2.10. The summed E-state index contributed by atoms with van der Waals surface area (Å²) in [6, 6.07) is 5.02. The van der Waals surface area contributed by atoms with Crippen molar-refractivity contribution in [3.05, 3.63) is 28.2 Å². The maximum Gasteiger partial charge on any atom is 0.153 e. The summed E-state index contributed by atoms with van der Waals surface area (Å²) < 4.78 is 5.52. The summed E-state index contributed by atoms with van der Waals surface area (Å²) in [6.07, 6.45) is 1.08. The van der Waals surface area contributed by atoms with E-state index in [2.05, 4.69) is 15.9 Å². The molecule has 1 rings (SSSR count). The highest BCUT2D eigenvalue weighted by molar-refractivity contribution is 9.09. The lowest BCUT2D eigenvalue weighted by Gasteiger charge is -2.13. The normalized spacial score (nSPS) is 12.2. The maximum absolute atomic E-state index is 10.8. The van der Waals surface area contributed by atoms with Crippen molar-refractivity contribution < 1.29 is 9.53 Å². The van der Waals surface area contributed by atoms with Crippen LogP contribution in [-0.4, -0.2) is 10.8 Å². The van der Waals surface area contributed by atoms with Gasteiger partial charge in [-0.2, -0.15) is 0 Å². The Morgan fingerprint density at radius 3 is 2.75 bits per heavy atom. The van der Waals surface area contributed by atoms with Gasteiger partial charge in [0, 0.05) is 17.9 Å². The number of Topliss-reactive ketones (excluding diaryl/α,β-unsaturated/α-hetero) is 1. The van der Waals surface area contributed by atoms with E-state index in [0.717, 1.165) is 0 Å². The minimum absolute atomic E-state index is 0.134. The van der Waals surface area contributed by atoms with Crippen LogP contribution in [0.15, 0.2) is 18.2 Å². The van der Waals surface area contributed by atoms with Crippen molar-refractivity contribution in [3.63, 3.8) is 0 Å². The van der Waals surface area contributed by atoms with Crippen LogP contribution in [-0.2, 0) is 4.79 Å². The van der Waals surface area contributed by atoms with Crippen molar-refractivity contribution >= 4 is 44.9 Å². The van der Waals surface area contributed by atoms with Crippen molar-refractivity contribution in [2.45, 2.75) is 24.8 Å². The summed E-state index contributed by atoms with van der Waals surface area (Å²) in [7, 11) is 0. The Kier molecular flexibility index (Phi) is 5.59. The summed E-state index contributed by atoms with van der Waals surface area (Å²) in [6.45, 7) is 1.55. The zero-order valence-corrected chi connectivity index (χ0v) is 11.8. The molecule has 5 heteroatoms.